The van der Waals surface area contributed by atoms with Crippen LogP contribution in [0, 0.1) is 0 Å². The first-order chi connectivity index (χ1) is 9.67. The van der Waals surface area contributed by atoms with Crippen molar-refractivity contribution in [3.8, 4) is 17.2 Å². The Morgan fingerprint density at radius 1 is 0.900 bits per heavy atom. The van der Waals surface area contributed by atoms with Gasteiger partial charge in [0.1, 0.15) is 22.8 Å². The van der Waals surface area contributed by atoms with Gasteiger partial charge in [-0.2, -0.15) is 0 Å². The van der Waals surface area contributed by atoms with Crippen molar-refractivity contribution < 1.29 is 19.0 Å². The number of carbonyl (C=O) groups is 1. The topological polar surface area (TPSA) is 44.8 Å². The number of ether oxygens (including phenoxy) is 3. The molecular formula is C16H24O4. The van der Waals surface area contributed by atoms with Crippen LogP contribution in [0.15, 0.2) is 12.1 Å². The maximum atomic E-state index is 12.3. The van der Waals surface area contributed by atoms with E-state index in [9.17, 15) is 4.79 Å². The molecule has 0 fully saturated rings. The van der Waals surface area contributed by atoms with Crippen molar-refractivity contribution in [1.29, 1.82) is 0 Å². The highest BCUT2D eigenvalue weighted by Crippen LogP contribution is 2.35. The number of Topliss-reactive ketones (excluding diaryl/α,β-unsaturated/α-hetero) is 1. The molecule has 0 spiro atoms. The van der Waals surface area contributed by atoms with Gasteiger partial charge in [0.25, 0.3) is 0 Å². The largest absolute Gasteiger partial charge is 0.494 e. The summed E-state index contributed by atoms with van der Waals surface area (Å²) in [6.45, 7) is 9.22. The molecule has 112 valence electrons. The summed E-state index contributed by atoms with van der Waals surface area (Å²) >= 11 is 0. The number of benzene rings is 1. The molecule has 0 aromatic heterocycles. The minimum absolute atomic E-state index is 0.0439. The zero-order valence-corrected chi connectivity index (χ0v) is 12.8. The SMILES string of the molecule is CCCC(=O)c1c(OCC)cc(OCC)cc1OCC. The van der Waals surface area contributed by atoms with Crippen molar-refractivity contribution in [2.24, 2.45) is 0 Å². The maximum Gasteiger partial charge on any atom is 0.170 e. The van der Waals surface area contributed by atoms with E-state index in [-0.39, 0.29) is 5.78 Å². The Balaban J connectivity index is 3.29. The molecule has 1 aromatic rings. The second kappa shape index (κ2) is 8.46. The first-order valence-electron chi connectivity index (χ1n) is 7.27. The van der Waals surface area contributed by atoms with E-state index in [1.807, 2.05) is 27.7 Å². The van der Waals surface area contributed by atoms with E-state index in [4.69, 9.17) is 14.2 Å². The third-order valence-electron chi connectivity index (χ3n) is 2.71. The molecule has 0 saturated heterocycles. The second-order valence-corrected chi connectivity index (χ2v) is 4.27. The third-order valence-corrected chi connectivity index (χ3v) is 2.71. The molecule has 0 radical (unpaired) electrons. The zero-order valence-electron chi connectivity index (χ0n) is 12.8. The number of ketones is 1. The minimum Gasteiger partial charge on any atom is -0.494 e. The van der Waals surface area contributed by atoms with Crippen LogP contribution in [-0.4, -0.2) is 25.6 Å². The molecular weight excluding hydrogens is 256 g/mol. The van der Waals surface area contributed by atoms with E-state index in [2.05, 4.69) is 0 Å². The normalized spacial score (nSPS) is 10.2. The summed E-state index contributed by atoms with van der Waals surface area (Å²) in [7, 11) is 0. The van der Waals surface area contributed by atoms with Crippen LogP contribution >= 0.6 is 0 Å². The molecule has 0 aliphatic rings. The van der Waals surface area contributed by atoms with E-state index in [1.165, 1.54) is 0 Å². The van der Waals surface area contributed by atoms with Crippen LogP contribution in [0.1, 0.15) is 50.9 Å². The maximum absolute atomic E-state index is 12.3. The van der Waals surface area contributed by atoms with E-state index >= 15 is 0 Å². The fourth-order valence-corrected chi connectivity index (χ4v) is 1.98. The molecule has 0 atom stereocenters. The Hall–Kier alpha value is -1.71. The van der Waals surface area contributed by atoms with Gasteiger partial charge in [0, 0.05) is 18.6 Å². The summed E-state index contributed by atoms with van der Waals surface area (Å²) in [5, 5.41) is 0. The third kappa shape index (κ3) is 4.15. The summed E-state index contributed by atoms with van der Waals surface area (Å²) in [4.78, 5) is 12.3. The molecule has 1 aromatic carbocycles. The lowest BCUT2D eigenvalue weighted by Gasteiger charge is -2.16. The number of carbonyl (C=O) groups excluding carboxylic acids is 1. The van der Waals surface area contributed by atoms with Crippen LogP contribution in [0.2, 0.25) is 0 Å². The number of hydrogen-bond donors (Lipinski definition) is 0. The first kappa shape index (κ1) is 16.3. The Morgan fingerprint density at radius 2 is 1.40 bits per heavy atom. The highest BCUT2D eigenvalue weighted by Gasteiger charge is 2.20. The predicted molar refractivity (Wildman–Crippen MR) is 79.2 cm³/mol. The van der Waals surface area contributed by atoms with Gasteiger partial charge < -0.3 is 14.2 Å². The summed E-state index contributed by atoms with van der Waals surface area (Å²) in [5.41, 5.74) is 0.527. The Labute approximate surface area is 121 Å². The van der Waals surface area contributed by atoms with Gasteiger partial charge in [-0.15, -0.1) is 0 Å². The number of hydrogen-bond acceptors (Lipinski definition) is 4. The zero-order chi connectivity index (χ0) is 15.0. The molecule has 4 nitrogen and oxygen atoms in total. The van der Waals surface area contributed by atoms with E-state index in [0.29, 0.717) is 49.1 Å². The molecule has 4 heteroatoms. The molecule has 0 amide bonds. The van der Waals surface area contributed by atoms with Gasteiger partial charge in [0.15, 0.2) is 5.78 Å². The van der Waals surface area contributed by atoms with E-state index in [1.54, 1.807) is 12.1 Å². The van der Waals surface area contributed by atoms with Crippen molar-refractivity contribution in [1.82, 2.24) is 0 Å². The molecule has 0 unspecified atom stereocenters. The lowest BCUT2D eigenvalue weighted by atomic mass is 10.0. The van der Waals surface area contributed by atoms with Crippen LogP contribution in [0.3, 0.4) is 0 Å². The van der Waals surface area contributed by atoms with Crippen LogP contribution in [0.5, 0.6) is 17.2 Å². The van der Waals surface area contributed by atoms with Gasteiger partial charge in [-0.05, 0) is 27.2 Å². The Bertz CT molecular complexity index is 413. The molecule has 20 heavy (non-hydrogen) atoms. The Kier molecular flexibility index (Phi) is 6.91. The monoisotopic (exact) mass is 280 g/mol. The first-order valence-corrected chi connectivity index (χ1v) is 7.27. The quantitative estimate of drug-likeness (QED) is 0.644. The van der Waals surface area contributed by atoms with E-state index < -0.39 is 0 Å². The molecule has 1 rings (SSSR count). The predicted octanol–water partition coefficient (Wildman–Crippen LogP) is 3.87. The Morgan fingerprint density at radius 3 is 1.80 bits per heavy atom. The van der Waals surface area contributed by atoms with Crippen LogP contribution in [-0.2, 0) is 0 Å². The molecule has 0 saturated carbocycles. The summed E-state index contributed by atoms with van der Waals surface area (Å²) in [6, 6.07) is 3.52. The summed E-state index contributed by atoms with van der Waals surface area (Å²) in [5.74, 6) is 1.79. The van der Waals surface area contributed by atoms with Crippen molar-refractivity contribution in [3.05, 3.63) is 17.7 Å². The van der Waals surface area contributed by atoms with Crippen LogP contribution in [0.25, 0.3) is 0 Å². The van der Waals surface area contributed by atoms with Crippen molar-refractivity contribution in [2.45, 2.75) is 40.5 Å². The van der Waals surface area contributed by atoms with Gasteiger partial charge in [-0.3, -0.25) is 4.79 Å². The van der Waals surface area contributed by atoms with Crippen molar-refractivity contribution >= 4 is 5.78 Å². The lowest BCUT2D eigenvalue weighted by molar-refractivity contribution is 0.0974. The fourth-order valence-electron chi connectivity index (χ4n) is 1.98. The van der Waals surface area contributed by atoms with Crippen molar-refractivity contribution in [2.75, 3.05) is 19.8 Å². The molecule has 0 aliphatic carbocycles. The lowest BCUT2D eigenvalue weighted by Crippen LogP contribution is -2.08. The van der Waals surface area contributed by atoms with Gasteiger partial charge >= 0.3 is 0 Å². The summed E-state index contributed by atoms with van der Waals surface area (Å²) < 4.78 is 16.7. The van der Waals surface area contributed by atoms with E-state index in [0.717, 1.165) is 6.42 Å². The van der Waals surface area contributed by atoms with Crippen molar-refractivity contribution in [3.63, 3.8) is 0 Å². The molecule has 0 aliphatic heterocycles. The molecule has 0 heterocycles. The molecule has 0 bridgehead atoms. The average molecular weight is 280 g/mol. The van der Waals surface area contributed by atoms with Crippen LogP contribution < -0.4 is 14.2 Å². The average Bonchev–Trinajstić information content (AvgIpc) is 2.40. The molecule has 0 N–H and O–H groups in total. The van der Waals surface area contributed by atoms with Gasteiger partial charge in [0.2, 0.25) is 0 Å². The standard InChI is InChI=1S/C16H24O4/c1-5-9-13(17)16-14(19-7-3)10-12(18-6-2)11-15(16)20-8-4/h10-11H,5-9H2,1-4H3. The van der Waals surface area contributed by atoms with Gasteiger partial charge in [-0.25, -0.2) is 0 Å². The van der Waals surface area contributed by atoms with Crippen LogP contribution in [0.4, 0.5) is 0 Å². The summed E-state index contributed by atoms with van der Waals surface area (Å²) in [6.07, 6.45) is 1.28. The smallest absolute Gasteiger partial charge is 0.170 e. The fraction of sp³-hybridized carbons (Fsp3) is 0.562. The highest BCUT2D eigenvalue weighted by molar-refractivity contribution is 6.01. The second-order valence-electron chi connectivity index (χ2n) is 4.27. The minimum atomic E-state index is 0.0439. The highest BCUT2D eigenvalue weighted by atomic mass is 16.5. The van der Waals surface area contributed by atoms with Gasteiger partial charge in [-0.1, -0.05) is 6.92 Å². The van der Waals surface area contributed by atoms with Gasteiger partial charge in [0.05, 0.1) is 19.8 Å². The number of rotatable bonds is 9.